The van der Waals surface area contributed by atoms with Crippen LogP contribution in [0.3, 0.4) is 0 Å². The predicted octanol–water partition coefficient (Wildman–Crippen LogP) is 3.03. The molecule has 1 aromatic heterocycles. The Morgan fingerprint density at radius 2 is 1.88 bits per heavy atom. The van der Waals surface area contributed by atoms with Gasteiger partial charge in [-0.1, -0.05) is 17.7 Å². The van der Waals surface area contributed by atoms with Crippen LogP contribution in [0.5, 0.6) is 5.75 Å². The highest BCUT2D eigenvalue weighted by Gasteiger charge is 2.17. The van der Waals surface area contributed by atoms with Gasteiger partial charge in [0.15, 0.2) is 0 Å². The lowest BCUT2D eigenvalue weighted by atomic mass is 10.2. The van der Waals surface area contributed by atoms with Gasteiger partial charge in [0.25, 0.3) is 0 Å². The summed E-state index contributed by atoms with van der Waals surface area (Å²) in [6.07, 6.45) is 0.115. The summed E-state index contributed by atoms with van der Waals surface area (Å²) in [6, 6.07) is 7.79. The van der Waals surface area contributed by atoms with Crippen molar-refractivity contribution in [2.75, 3.05) is 6.54 Å². The standard InChI is InChI=1S/C19H24N2O4S/c1-13-5-7-15(8-6-13)24-11-17-21-14(12-26-17)9-16(22)20-10-18(23)25-19(2,3)4/h5-8,12H,9-11H2,1-4H3,(H,20,22). The van der Waals surface area contributed by atoms with E-state index in [0.717, 1.165) is 10.8 Å². The maximum Gasteiger partial charge on any atom is 0.325 e. The van der Waals surface area contributed by atoms with E-state index in [9.17, 15) is 9.59 Å². The summed E-state index contributed by atoms with van der Waals surface area (Å²) in [4.78, 5) is 27.9. The molecule has 6 nitrogen and oxygen atoms in total. The van der Waals surface area contributed by atoms with E-state index in [1.165, 1.54) is 16.9 Å². The Balaban J connectivity index is 1.75. The van der Waals surface area contributed by atoms with E-state index < -0.39 is 11.6 Å². The lowest BCUT2D eigenvalue weighted by molar-refractivity contribution is -0.154. The molecule has 1 amide bonds. The van der Waals surface area contributed by atoms with Gasteiger partial charge in [-0.15, -0.1) is 11.3 Å². The molecule has 0 saturated carbocycles. The zero-order valence-electron chi connectivity index (χ0n) is 15.5. The minimum absolute atomic E-state index is 0.115. The van der Waals surface area contributed by atoms with Crippen LogP contribution in [0.2, 0.25) is 0 Å². The molecule has 0 aliphatic rings. The van der Waals surface area contributed by atoms with Crippen LogP contribution in [-0.2, 0) is 27.4 Å². The molecule has 2 aromatic rings. The molecule has 1 aromatic carbocycles. The van der Waals surface area contributed by atoms with Crippen LogP contribution >= 0.6 is 11.3 Å². The summed E-state index contributed by atoms with van der Waals surface area (Å²) in [6.45, 7) is 7.56. The summed E-state index contributed by atoms with van der Waals surface area (Å²) in [5.74, 6) is 0.0472. The minimum Gasteiger partial charge on any atom is -0.486 e. The Morgan fingerprint density at radius 1 is 1.19 bits per heavy atom. The number of benzene rings is 1. The molecule has 2 rings (SSSR count). The first-order valence-corrected chi connectivity index (χ1v) is 9.20. The number of carbonyl (C=O) groups excluding carboxylic acids is 2. The number of nitrogens with zero attached hydrogens (tertiary/aromatic N) is 1. The number of carbonyl (C=O) groups is 2. The van der Waals surface area contributed by atoms with E-state index in [0.29, 0.717) is 12.3 Å². The van der Waals surface area contributed by atoms with Gasteiger partial charge in [0.1, 0.15) is 29.5 Å². The van der Waals surface area contributed by atoms with Gasteiger partial charge in [0.2, 0.25) is 5.91 Å². The summed E-state index contributed by atoms with van der Waals surface area (Å²) in [5, 5.41) is 5.16. The third-order valence-electron chi connectivity index (χ3n) is 3.17. The number of nitrogens with one attached hydrogen (secondary N) is 1. The van der Waals surface area contributed by atoms with Crippen molar-refractivity contribution in [1.82, 2.24) is 10.3 Å². The van der Waals surface area contributed by atoms with E-state index in [1.54, 1.807) is 20.8 Å². The van der Waals surface area contributed by atoms with Gasteiger partial charge in [-0.25, -0.2) is 4.98 Å². The van der Waals surface area contributed by atoms with Gasteiger partial charge >= 0.3 is 5.97 Å². The van der Waals surface area contributed by atoms with Gasteiger partial charge in [0, 0.05) is 5.38 Å². The fourth-order valence-corrected chi connectivity index (χ4v) is 2.76. The van der Waals surface area contributed by atoms with Crippen molar-refractivity contribution in [2.45, 2.75) is 46.3 Å². The van der Waals surface area contributed by atoms with Crippen molar-refractivity contribution in [1.29, 1.82) is 0 Å². The monoisotopic (exact) mass is 376 g/mol. The van der Waals surface area contributed by atoms with Crippen molar-refractivity contribution in [3.8, 4) is 5.75 Å². The summed E-state index contributed by atoms with van der Waals surface area (Å²) in [7, 11) is 0. The Hall–Kier alpha value is -2.41. The summed E-state index contributed by atoms with van der Waals surface area (Å²) < 4.78 is 10.8. The summed E-state index contributed by atoms with van der Waals surface area (Å²) >= 11 is 1.44. The number of esters is 1. The quantitative estimate of drug-likeness (QED) is 0.752. The molecular weight excluding hydrogens is 352 g/mol. The Labute approximate surface area is 157 Å². The van der Waals surface area contributed by atoms with Crippen molar-refractivity contribution < 1.29 is 19.1 Å². The third-order valence-corrected chi connectivity index (χ3v) is 4.05. The minimum atomic E-state index is -0.566. The number of aromatic nitrogens is 1. The van der Waals surface area contributed by atoms with Gasteiger partial charge in [0.05, 0.1) is 12.1 Å². The first-order chi connectivity index (χ1) is 12.2. The summed E-state index contributed by atoms with van der Waals surface area (Å²) in [5.41, 5.74) is 1.26. The molecule has 0 unspecified atom stereocenters. The number of amides is 1. The van der Waals surface area contributed by atoms with E-state index in [4.69, 9.17) is 9.47 Å². The van der Waals surface area contributed by atoms with Crippen LogP contribution in [0.15, 0.2) is 29.6 Å². The van der Waals surface area contributed by atoms with Gasteiger partial charge in [-0.2, -0.15) is 0 Å². The second kappa shape index (κ2) is 8.80. The number of hydrogen-bond donors (Lipinski definition) is 1. The molecule has 0 atom stereocenters. The number of hydrogen-bond acceptors (Lipinski definition) is 6. The largest absolute Gasteiger partial charge is 0.486 e. The zero-order chi connectivity index (χ0) is 19.2. The molecule has 1 heterocycles. The lowest BCUT2D eigenvalue weighted by Crippen LogP contribution is -2.35. The molecule has 0 fully saturated rings. The second-order valence-electron chi connectivity index (χ2n) is 6.87. The fourth-order valence-electron chi connectivity index (χ4n) is 2.05. The highest BCUT2D eigenvalue weighted by Crippen LogP contribution is 2.16. The van der Waals surface area contributed by atoms with E-state index >= 15 is 0 Å². The maximum atomic E-state index is 11.9. The zero-order valence-corrected chi connectivity index (χ0v) is 16.3. The molecule has 26 heavy (non-hydrogen) atoms. The van der Waals surface area contributed by atoms with E-state index in [-0.39, 0.29) is 18.9 Å². The van der Waals surface area contributed by atoms with Crippen LogP contribution in [-0.4, -0.2) is 29.0 Å². The van der Waals surface area contributed by atoms with Crippen LogP contribution in [0.4, 0.5) is 0 Å². The first kappa shape index (κ1) is 19.9. The van der Waals surface area contributed by atoms with Crippen LogP contribution in [0.1, 0.15) is 37.0 Å². The average molecular weight is 376 g/mol. The Kier molecular flexibility index (Phi) is 6.74. The van der Waals surface area contributed by atoms with Gasteiger partial charge in [-0.3, -0.25) is 9.59 Å². The smallest absolute Gasteiger partial charge is 0.325 e. The van der Waals surface area contributed by atoms with Crippen molar-refractivity contribution >= 4 is 23.2 Å². The van der Waals surface area contributed by atoms with Crippen LogP contribution in [0, 0.1) is 6.92 Å². The van der Waals surface area contributed by atoms with Crippen molar-refractivity contribution in [3.63, 3.8) is 0 Å². The molecule has 0 radical (unpaired) electrons. The van der Waals surface area contributed by atoms with Gasteiger partial charge in [-0.05, 0) is 39.8 Å². The molecule has 140 valence electrons. The highest BCUT2D eigenvalue weighted by atomic mass is 32.1. The normalized spacial score (nSPS) is 11.1. The van der Waals surface area contributed by atoms with Gasteiger partial charge < -0.3 is 14.8 Å². The van der Waals surface area contributed by atoms with E-state index in [2.05, 4.69) is 10.3 Å². The number of aryl methyl sites for hydroxylation is 1. The van der Waals surface area contributed by atoms with Crippen molar-refractivity contribution in [3.05, 3.63) is 45.9 Å². The average Bonchev–Trinajstić information content (AvgIpc) is 2.98. The number of thiazole rings is 1. The topological polar surface area (TPSA) is 77.5 Å². The van der Waals surface area contributed by atoms with Crippen LogP contribution in [0.25, 0.3) is 0 Å². The Morgan fingerprint density at radius 3 is 2.54 bits per heavy atom. The molecular formula is C19H24N2O4S. The molecule has 0 aliphatic heterocycles. The van der Waals surface area contributed by atoms with Crippen LogP contribution < -0.4 is 10.1 Å². The second-order valence-corrected chi connectivity index (χ2v) is 7.82. The number of ether oxygens (including phenoxy) is 2. The molecule has 0 saturated heterocycles. The predicted molar refractivity (Wildman–Crippen MR) is 100 cm³/mol. The highest BCUT2D eigenvalue weighted by molar-refractivity contribution is 7.09. The SMILES string of the molecule is Cc1ccc(OCc2nc(CC(=O)NCC(=O)OC(C)(C)C)cs2)cc1. The maximum absolute atomic E-state index is 11.9. The molecule has 0 spiro atoms. The number of rotatable bonds is 7. The lowest BCUT2D eigenvalue weighted by Gasteiger charge is -2.19. The van der Waals surface area contributed by atoms with Crippen molar-refractivity contribution in [2.24, 2.45) is 0 Å². The third kappa shape index (κ3) is 7.23. The molecule has 0 aliphatic carbocycles. The molecule has 7 heteroatoms. The molecule has 1 N–H and O–H groups in total. The molecule has 0 bridgehead atoms. The first-order valence-electron chi connectivity index (χ1n) is 8.32. The van der Waals surface area contributed by atoms with E-state index in [1.807, 2.05) is 36.6 Å². The fraction of sp³-hybridized carbons (Fsp3) is 0.421. The Bertz CT molecular complexity index is 748.